The molecule has 0 aliphatic rings. The fourth-order valence-corrected chi connectivity index (χ4v) is 3.41. The van der Waals surface area contributed by atoms with Gasteiger partial charge in [0.15, 0.2) is 0 Å². The van der Waals surface area contributed by atoms with Crippen LogP contribution in [-0.4, -0.2) is 35.3 Å². The molecule has 1 aromatic carbocycles. The van der Waals surface area contributed by atoms with Crippen molar-refractivity contribution in [2.75, 3.05) is 20.6 Å². The van der Waals surface area contributed by atoms with E-state index in [0.29, 0.717) is 0 Å². The fourth-order valence-electron chi connectivity index (χ4n) is 2.06. The van der Waals surface area contributed by atoms with Crippen molar-refractivity contribution in [2.24, 2.45) is 5.73 Å². The van der Waals surface area contributed by atoms with Crippen molar-refractivity contribution in [2.45, 2.75) is 12.6 Å². The molecule has 1 aromatic heterocycles. The molecular weight excluding hydrogens is 450 g/mol. The van der Waals surface area contributed by atoms with E-state index < -0.39 is 0 Å². The molecule has 0 spiro atoms. The maximum Gasteiger partial charge on any atom is 0.124 e. The van der Waals surface area contributed by atoms with Crippen molar-refractivity contribution in [3.8, 4) is 0 Å². The first-order valence-corrected chi connectivity index (χ1v) is 8.33. The third-order valence-electron chi connectivity index (χ3n) is 3.18. The van der Waals surface area contributed by atoms with Gasteiger partial charge < -0.3 is 10.6 Å². The number of nitrogens with two attached hydrogens (primary N) is 1. The van der Waals surface area contributed by atoms with Crippen molar-refractivity contribution in [3.05, 3.63) is 49.5 Å². The Hall–Kier alpha value is -0.510. The van der Waals surface area contributed by atoms with E-state index in [9.17, 15) is 4.39 Å². The van der Waals surface area contributed by atoms with E-state index >= 15 is 0 Å². The fraction of sp³-hybridized carbons (Fsp3) is 0.357. The molecule has 21 heavy (non-hydrogen) atoms. The van der Waals surface area contributed by atoms with E-state index in [0.717, 1.165) is 32.4 Å². The van der Waals surface area contributed by atoms with Gasteiger partial charge in [0, 0.05) is 10.1 Å². The molecule has 1 atom stereocenters. The molecule has 2 rings (SSSR count). The molecule has 1 unspecified atom stereocenters. The summed E-state index contributed by atoms with van der Waals surface area (Å²) < 4.78 is 16.8. The van der Waals surface area contributed by atoms with Crippen LogP contribution in [0.25, 0.3) is 0 Å². The third kappa shape index (κ3) is 4.02. The zero-order chi connectivity index (χ0) is 15.6. The Kier molecular flexibility index (Phi) is 5.75. The molecule has 0 bridgehead atoms. The van der Waals surface area contributed by atoms with Gasteiger partial charge >= 0.3 is 0 Å². The van der Waals surface area contributed by atoms with E-state index in [-0.39, 0.29) is 11.9 Å². The summed E-state index contributed by atoms with van der Waals surface area (Å²) >= 11 is 5.62. The van der Waals surface area contributed by atoms with E-state index in [2.05, 4.69) is 48.5 Å². The summed E-state index contributed by atoms with van der Waals surface area (Å²) in [6.07, 6.45) is 1.75. The van der Waals surface area contributed by atoms with Crippen molar-refractivity contribution in [1.82, 2.24) is 14.7 Å². The van der Waals surface area contributed by atoms with Crippen LogP contribution in [0.5, 0.6) is 0 Å². The van der Waals surface area contributed by atoms with Crippen LogP contribution in [0.15, 0.2) is 28.9 Å². The molecule has 0 saturated carbocycles. The lowest BCUT2D eigenvalue weighted by atomic mass is 10.0. The van der Waals surface area contributed by atoms with Gasteiger partial charge in [-0.1, -0.05) is 6.07 Å². The van der Waals surface area contributed by atoms with Gasteiger partial charge in [-0.2, -0.15) is 5.10 Å². The molecule has 0 amide bonds. The number of rotatable bonds is 5. The highest BCUT2D eigenvalue weighted by Crippen LogP contribution is 2.29. The van der Waals surface area contributed by atoms with Gasteiger partial charge in [-0.05, 0) is 70.3 Å². The van der Waals surface area contributed by atoms with E-state index in [1.807, 2.05) is 18.8 Å². The standard InChI is InChI=1S/C14H17BrFIN4/c1-20(2)5-6-21-14(11(15)8-19-21)13(18)10-4-3-9(16)7-12(10)17/h3-4,7-8,13H,5-6,18H2,1-2H3. The number of hydrogen-bond donors (Lipinski definition) is 1. The zero-order valence-electron chi connectivity index (χ0n) is 11.9. The number of halogens is 3. The summed E-state index contributed by atoms with van der Waals surface area (Å²) in [6, 6.07) is 4.31. The zero-order valence-corrected chi connectivity index (χ0v) is 15.6. The Balaban J connectivity index is 2.34. The Labute approximate surface area is 145 Å². The minimum atomic E-state index is -0.350. The molecule has 2 N–H and O–H groups in total. The molecule has 0 radical (unpaired) electrons. The predicted octanol–water partition coefficient (Wildman–Crippen LogP) is 3.00. The highest BCUT2D eigenvalue weighted by molar-refractivity contribution is 14.1. The molecule has 2 aromatic rings. The molecule has 7 heteroatoms. The topological polar surface area (TPSA) is 47.1 Å². The Morgan fingerprint density at radius 3 is 2.81 bits per heavy atom. The summed E-state index contributed by atoms with van der Waals surface area (Å²) in [7, 11) is 4.03. The van der Waals surface area contributed by atoms with Crippen LogP contribution in [-0.2, 0) is 6.54 Å². The van der Waals surface area contributed by atoms with Gasteiger partial charge in [-0.3, -0.25) is 4.68 Å². The van der Waals surface area contributed by atoms with Crippen LogP contribution < -0.4 is 5.73 Å². The van der Waals surface area contributed by atoms with Gasteiger partial charge in [0.25, 0.3) is 0 Å². The molecule has 0 fully saturated rings. The minimum absolute atomic E-state index is 0.254. The highest BCUT2D eigenvalue weighted by Gasteiger charge is 2.20. The second kappa shape index (κ2) is 7.17. The van der Waals surface area contributed by atoms with Crippen molar-refractivity contribution in [1.29, 1.82) is 0 Å². The van der Waals surface area contributed by atoms with Crippen LogP contribution in [0.4, 0.5) is 4.39 Å². The second-order valence-corrected chi connectivity index (χ2v) is 7.06. The highest BCUT2D eigenvalue weighted by atomic mass is 127. The van der Waals surface area contributed by atoms with Crippen LogP contribution in [0, 0.1) is 9.39 Å². The maximum atomic E-state index is 13.2. The number of aromatic nitrogens is 2. The monoisotopic (exact) mass is 466 g/mol. The van der Waals surface area contributed by atoms with Gasteiger partial charge in [0.2, 0.25) is 0 Å². The molecule has 0 saturated heterocycles. The lowest BCUT2D eigenvalue weighted by molar-refractivity contribution is 0.368. The summed E-state index contributed by atoms with van der Waals surface area (Å²) in [5, 5.41) is 4.37. The molecular formula is C14H17BrFIN4. The summed E-state index contributed by atoms with van der Waals surface area (Å²) in [5.41, 5.74) is 8.18. The Morgan fingerprint density at radius 2 is 2.19 bits per heavy atom. The summed E-state index contributed by atoms with van der Waals surface area (Å²) in [6.45, 7) is 1.62. The third-order valence-corrected chi connectivity index (χ3v) is 4.73. The molecule has 1 heterocycles. The Morgan fingerprint density at radius 1 is 1.48 bits per heavy atom. The van der Waals surface area contributed by atoms with Gasteiger partial charge in [0.05, 0.1) is 29.0 Å². The van der Waals surface area contributed by atoms with Gasteiger partial charge in [-0.25, -0.2) is 4.39 Å². The first-order chi connectivity index (χ1) is 9.90. The summed E-state index contributed by atoms with van der Waals surface area (Å²) in [5.74, 6) is -0.254. The van der Waals surface area contributed by atoms with Crippen LogP contribution >= 0.6 is 38.5 Å². The van der Waals surface area contributed by atoms with Crippen LogP contribution in [0.3, 0.4) is 0 Å². The van der Waals surface area contributed by atoms with Crippen LogP contribution in [0.2, 0.25) is 0 Å². The number of likely N-dealkylation sites (N-methyl/N-ethyl adjacent to an activating group) is 1. The maximum absolute atomic E-state index is 13.2. The second-order valence-electron chi connectivity index (χ2n) is 5.05. The minimum Gasteiger partial charge on any atom is -0.319 e. The first kappa shape index (κ1) is 16.9. The van der Waals surface area contributed by atoms with Gasteiger partial charge in [0.1, 0.15) is 5.82 Å². The smallest absolute Gasteiger partial charge is 0.124 e. The summed E-state index contributed by atoms with van der Waals surface area (Å²) in [4.78, 5) is 2.09. The number of benzene rings is 1. The van der Waals surface area contributed by atoms with E-state index in [1.54, 1.807) is 12.3 Å². The van der Waals surface area contributed by atoms with Crippen molar-refractivity contribution >= 4 is 38.5 Å². The molecule has 0 aliphatic carbocycles. The van der Waals surface area contributed by atoms with Crippen LogP contribution in [0.1, 0.15) is 17.3 Å². The van der Waals surface area contributed by atoms with Gasteiger partial charge in [-0.15, -0.1) is 0 Å². The average Bonchev–Trinajstić information content (AvgIpc) is 2.77. The predicted molar refractivity (Wildman–Crippen MR) is 93.6 cm³/mol. The van der Waals surface area contributed by atoms with E-state index in [1.165, 1.54) is 12.1 Å². The largest absolute Gasteiger partial charge is 0.319 e. The number of nitrogens with zero attached hydrogens (tertiary/aromatic N) is 3. The lowest BCUT2D eigenvalue weighted by Crippen LogP contribution is -2.24. The van der Waals surface area contributed by atoms with Crippen molar-refractivity contribution in [3.63, 3.8) is 0 Å². The SMILES string of the molecule is CN(C)CCn1ncc(Br)c1C(N)c1ccc(F)cc1I. The Bertz CT molecular complexity index is 629. The number of hydrogen-bond acceptors (Lipinski definition) is 3. The lowest BCUT2D eigenvalue weighted by Gasteiger charge is -2.18. The molecule has 114 valence electrons. The molecule has 4 nitrogen and oxygen atoms in total. The first-order valence-electron chi connectivity index (χ1n) is 6.46. The normalized spacial score (nSPS) is 12.9. The molecule has 0 aliphatic heterocycles. The quantitative estimate of drug-likeness (QED) is 0.689. The van der Waals surface area contributed by atoms with Crippen molar-refractivity contribution < 1.29 is 4.39 Å². The van der Waals surface area contributed by atoms with E-state index in [4.69, 9.17) is 5.73 Å². The average molecular weight is 467 g/mol.